The molecule has 0 radical (unpaired) electrons. The van der Waals surface area contributed by atoms with E-state index in [0.29, 0.717) is 5.92 Å². The predicted molar refractivity (Wildman–Crippen MR) is 58.6 cm³/mol. The van der Waals surface area contributed by atoms with Crippen LogP contribution in [0, 0.1) is 5.92 Å². The van der Waals surface area contributed by atoms with Crippen LogP contribution >= 0.6 is 0 Å². The Balaban J connectivity index is 1.94. The number of furan rings is 1. The molecule has 0 bridgehead atoms. The molecular weight excluding hydrogens is 190 g/mol. The topological polar surface area (TPSA) is 36.6 Å². The Labute approximate surface area is 90.7 Å². The third-order valence-electron chi connectivity index (χ3n) is 3.27. The van der Waals surface area contributed by atoms with E-state index in [9.17, 15) is 5.11 Å². The minimum Gasteiger partial charge on any atom is -0.469 e. The molecule has 84 valence electrons. The summed E-state index contributed by atoms with van der Waals surface area (Å²) in [5, 5.41) is 9.91. The fourth-order valence-corrected chi connectivity index (χ4v) is 2.27. The molecule has 2 unspecified atom stereocenters. The Morgan fingerprint density at radius 3 is 3.13 bits per heavy atom. The van der Waals surface area contributed by atoms with E-state index in [-0.39, 0.29) is 6.10 Å². The average Bonchev–Trinajstić information content (AvgIpc) is 2.74. The highest BCUT2D eigenvalue weighted by Gasteiger charge is 2.27. The minimum absolute atomic E-state index is 0.169. The van der Waals surface area contributed by atoms with Crippen molar-refractivity contribution >= 4 is 0 Å². The molecule has 0 spiro atoms. The first kappa shape index (κ1) is 10.7. The number of likely N-dealkylation sites (tertiary alicyclic amines) is 1. The summed E-state index contributed by atoms with van der Waals surface area (Å²) in [5.74, 6) is 1.31. The van der Waals surface area contributed by atoms with Gasteiger partial charge in [-0.15, -0.1) is 0 Å². The van der Waals surface area contributed by atoms with E-state index in [1.807, 2.05) is 12.1 Å². The summed E-state index contributed by atoms with van der Waals surface area (Å²) in [4.78, 5) is 2.39. The summed E-state index contributed by atoms with van der Waals surface area (Å²) in [7, 11) is 0. The van der Waals surface area contributed by atoms with Gasteiger partial charge in [-0.3, -0.25) is 0 Å². The summed E-state index contributed by atoms with van der Waals surface area (Å²) in [6.07, 6.45) is 3.27. The largest absolute Gasteiger partial charge is 0.469 e. The maximum atomic E-state index is 9.91. The second-order valence-corrected chi connectivity index (χ2v) is 4.29. The lowest BCUT2D eigenvalue weighted by Crippen LogP contribution is -2.43. The lowest BCUT2D eigenvalue weighted by molar-refractivity contribution is 0.0268. The lowest BCUT2D eigenvalue weighted by Gasteiger charge is -2.35. The second kappa shape index (κ2) is 4.81. The monoisotopic (exact) mass is 209 g/mol. The van der Waals surface area contributed by atoms with Crippen molar-refractivity contribution in [2.24, 2.45) is 5.92 Å². The fraction of sp³-hybridized carbons (Fsp3) is 0.667. The first-order valence-electron chi connectivity index (χ1n) is 5.72. The van der Waals surface area contributed by atoms with Gasteiger partial charge in [0.2, 0.25) is 0 Å². The van der Waals surface area contributed by atoms with E-state index >= 15 is 0 Å². The van der Waals surface area contributed by atoms with Crippen LogP contribution in [0.3, 0.4) is 0 Å². The highest BCUT2D eigenvalue weighted by Crippen LogP contribution is 2.21. The zero-order valence-electron chi connectivity index (χ0n) is 9.22. The molecule has 0 amide bonds. The quantitative estimate of drug-likeness (QED) is 0.820. The van der Waals surface area contributed by atoms with Crippen LogP contribution in [0.5, 0.6) is 0 Å². The maximum Gasteiger partial charge on any atom is 0.104 e. The lowest BCUT2D eigenvalue weighted by atomic mass is 9.91. The van der Waals surface area contributed by atoms with Crippen molar-refractivity contribution in [1.29, 1.82) is 0 Å². The first-order chi connectivity index (χ1) is 7.29. The van der Waals surface area contributed by atoms with Crippen LogP contribution < -0.4 is 0 Å². The Morgan fingerprint density at radius 1 is 1.60 bits per heavy atom. The molecule has 0 aromatic carbocycles. The van der Waals surface area contributed by atoms with E-state index in [0.717, 1.165) is 38.2 Å². The molecule has 1 N–H and O–H groups in total. The van der Waals surface area contributed by atoms with E-state index in [4.69, 9.17) is 4.42 Å². The third kappa shape index (κ3) is 2.61. The van der Waals surface area contributed by atoms with Crippen LogP contribution in [0.2, 0.25) is 0 Å². The Hall–Kier alpha value is -0.800. The molecule has 0 saturated carbocycles. The van der Waals surface area contributed by atoms with Crippen LogP contribution in [0.1, 0.15) is 19.1 Å². The third-order valence-corrected chi connectivity index (χ3v) is 3.27. The molecule has 3 nitrogen and oxygen atoms in total. The molecule has 2 atom stereocenters. The molecule has 1 aliphatic rings. The zero-order chi connectivity index (χ0) is 10.7. The van der Waals surface area contributed by atoms with Gasteiger partial charge in [0.15, 0.2) is 0 Å². The predicted octanol–water partition coefficient (Wildman–Crippen LogP) is 1.52. The van der Waals surface area contributed by atoms with Crippen molar-refractivity contribution in [2.75, 3.05) is 19.6 Å². The van der Waals surface area contributed by atoms with Gasteiger partial charge in [0.1, 0.15) is 5.76 Å². The van der Waals surface area contributed by atoms with Gasteiger partial charge in [0.05, 0.1) is 12.4 Å². The van der Waals surface area contributed by atoms with Crippen molar-refractivity contribution < 1.29 is 9.52 Å². The molecule has 1 aliphatic heterocycles. The van der Waals surface area contributed by atoms with Crippen LogP contribution in [0.25, 0.3) is 0 Å². The molecule has 1 fully saturated rings. The van der Waals surface area contributed by atoms with Gasteiger partial charge in [-0.1, -0.05) is 6.92 Å². The van der Waals surface area contributed by atoms with Gasteiger partial charge >= 0.3 is 0 Å². The molecule has 1 aromatic heterocycles. The molecular formula is C12H19NO2. The van der Waals surface area contributed by atoms with Gasteiger partial charge in [-0.05, 0) is 25.1 Å². The Morgan fingerprint density at radius 2 is 2.47 bits per heavy atom. The summed E-state index contributed by atoms with van der Waals surface area (Å²) >= 11 is 0. The molecule has 0 aliphatic carbocycles. The average molecular weight is 209 g/mol. The van der Waals surface area contributed by atoms with Crippen LogP contribution in [0.15, 0.2) is 22.8 Å². The van der Waals surface area contributed by atoms with E-state index in [2.05, 4.69) is 11.8 Å². The standard InChI is InChI=1S/C12H19NO2/c1-2-13-6-5-12(14)10(9-13)8-11-4-3-7-15-11/h3-4,7,10,12,14H,2,5-6,8-9H2,1H3. The van der Waals surface area contributed by atoms with Crippen LogP contribution in [0.4, 0.5) is 0 Å². The molecule has 3 heteroatoms. The van der Waals surface area contributed by atoms with Gasteiger partial charge < -0.3 is 14.4 Å². The second-order valence-electron chi connectivity index (χ2n) is 4.29. The first-order valence-corrected chi connectivity index (χ1v) is 5.72. The van der Waals surface area contributed by atoms with Crippen molar-refractivity contribution in [3.8, 4) is 0 Å². The number of hydrogen-bond acceptors (Lipinski definition) is 3. The van der Waals surface area contributed by atoms with Crippen LogP contribution in [-0.4, -0.2) is 35.7 Å². The zero-order valence-corrected chi connectivity index (χ0v) is 9.22. The molecule has 15 heavy (non-hydrogen) atoms. The fourth-order valence-electron chi connectivity index (χ4n) is 2.27. The van der Waals surface area contributed by atoms with Crippen molar-refractivity contribution in [1.82, 2.24) is 4.90 Å². The van der Waals surface area contributed by atoms with Crippen molar-refractivity contribution in [3.63, 3.8) is 0 Å². The summed E-state index contributed by atoms with van der Waals surface area (Å²) in [6.45, 7) is 5.24. The number of hydrogen-bond donors (Lipinski definition) is 1. The number of aliphatic hydroxyl groups excluding tert-OH is 1. The molecule has 2 heterocycles. The van der Waals surface area contributed by atoms with E-state index in [1.165, 1.54) is 0 Å². The Kier molecular flexibility index (Phi) is 3.44. The highest BCUT2D eigenvalue weighted by molar-refractivity contribution is 5.01. The van der Waals surface area contributed by atoms with Gasteiger partial charge in [-0.25, -0.2) is 0 Å². The molecule has 2 rings (SSSR count). The number of rotatable bonds is 3. The minimum atomic E-state index is -0.169. The van der Waals surface area contributed by atoms with Crippen LogP contribution in [-0.2, 0) is 6.42 Å². The summed E-state index contributed by atoms with van der Waals surface area (Å²) in [5.41, 5.74) is 0. The number of nitrogens with zero attached hydrogens (tertiary/aromatic N) is 1. The summed E-state index contributed by atoms with van der Waals surface area (Å²) in [6, 6.07) is 3.89. The molecule has 1 saturated heterocycles. The summed E-state index contributed by atoms with van der Waals surface area (Å²) < 4.78 is 5.32. The van der Waals surface area contributed by atoms with E-state index in [1.54, 1.807) is 6.26 Å². The smallest absolute Gasteiger partial charge is 0.104 e. The molecule has 1 aromatic rings. The highest BCUT2D eigenvalue weighted by atomic mass is 16.3. The Bertz CT molecular complexity index is 284. The van der Waals surface area contributed by atoms with Gasteiger partial charge in [0.25, 0.3) is 0 Å². The maximum absolute atomic E-state index is 9.91. The van der Waals surface area contributed by atoms with Crippen molar-refractivity contribution in [3.05, 3.63) is 24.2 Å². The normalized spacial score (nSPS) is 28.1. The van der Waals surface area contributed by atoms with E-state index < -0.39 is 0 Å². The van der Waals surface area contributed by atoms with Crippen molar-refractivity contribution in [2.45, 2.75) is 25.9 Å². The van der Waals surface area contributed by atoms with Gasteiger partial charge in [0, 0.05) is 25.4 Å². The van der Waals surface area contributed by atoms with Gasteiger partial charge in [-0.2, -0.15) is 0 Å². The SMILES string of the molecule is CCN1CCC(O)C(Cc2ccco2)C1. The number of aliphatic hydroxyl groups is 1. The number of piperidine rings is 1.